The Morgan fingerprint density at radius 2 is 0.790 bits per heavy atom. The van der Waals surface area contributed by atoms with Crippen LogP contribution >= 0.6 is 0 Å². The molecule has 12 rings (SSSR count). The van der Waals surface area contributed by atoms with E-state index in [4.69, 9.17) is 4.98 Å². The standard InChI is InChI=1S/C59H39N3/c1-3-16-41(17-4-1)59-60-55-37-44(32-35-56(55)62(59)47-22-5-2-6-23-47)43-21-15-20-42(36-43)40-30-33-48(34-31-40)61(57-38-45-18-7-9-24-49(45)51-26-11-13-28-53(51)57)58-39-46-19-8-10-25-50(46)52-27-12-14-29-54(52)58/h1-39H. The van der Waals surface area contributed by atoms with E-state index in [9.17, 15) is 0 Å². The predicted octanol–water partition coefficient (Wildman–Crippen LogP) is 16.1. The zero-order valence-electron chi connectivity index (χ0n) is 33.9. The van der Waals surface area contributed by atoms with Gasteiger partial charge in [0.2, 0.25) is 0 Å². The molecular weight excluding hydrogens is 751 g/mol. The van der Waals surface area contributed by atoms with Gasteiger partial charge < -0.3 is 4.90 Å². The molecule has 0 unspecified atom stereocenters. The van der Waals surface area contributed by atoms with Gasteiger partial charge in [-0.2, -0.15) is 0 Å². The maximum atomic E-state index is 5.23. The van der Waals surface area contributed by atoms with Gasteiger partial charge in [0.15, 0.2) is 0 Å². The van der Waals surface area contributed by atoms with Crippen LogP contribution in [-0.4, -0.2) is 9.55 Å². The van der Waals surface area contributed by atoms with E-state index in [-0.39, 0.29) is 0 Å². The van der Waals surface area contributed by atoms with Gasteiger partial charge >= 0.3 is 0 Å². The summed E-state index contributed by atoms with van der Waals surface area (Å²) in [6.07, 6.45) is 0. The lowest BCUT2D eigenvalue weighted by Crippen LogP contribution is -2.11. The second-order valence-electron chi connectivity index (χ2n) is 16.0. The minimum absolute atomic E-state index is 0.931. The van der Waals surface area contributed by atoms with Crippen molar-refractivity contribution in [3.8, 4) is 39.3 Å². The smallest absolute Gasteiger partial charge is 0.145 e. The maximum absolute atomic E-state index is 5.23. The number of aromatic nitrogens is 2. The van der Waals surface area contributed by atoms with E-state index in [0.29, 0.717) is 0 Å². The Labute approximate surface area is 360 Å². The molecule has 62 heavy (non-hydrogen) atoms. The van der Waals surface area contributed by atoms with Gasteiger partial charge in [-0.05, 0) is 109 Å². The number of rotatable bonds is 7. The zero-order valence-corrected chi connectivity index (χ0v) is 33.9. The molecule has 11 aromatic carbocycles. The Kier molecular flexibility index (Phi) is 8.50. The molecule has 0 spiro atoms. The fourth-order valence-corrected chi connectivity index (χ4v) is 9.41. The molecule has 0 atom stereocenters. The fraction of sp³-hybridized carbons (Fsp3) is 0. The third-order valence-electron chi connectivity index (χ3n) is 12.3. The molecule has 0 radical (unpaired) electrons. The van der Waals surface area contributed by atoms with Crippen molar-refractivity contribution in [3.05, 3.63) is 237 Å². The molecule has 12 aromatic rings. The maximum Gasteiger partial charge on any atom is 0.145 e. The summed E-state index contributed by atoms with van der Waals surface area (Å²) in [6, 6.07) is 85.4. The first kappa shape index (κ1) is 35.7. The van der Waals surface area contributed by atoms with Crippen LogP contribution < -0.4 is 4.90 Å². The Morgan fingerprint density at radius 3 is 1.40 bits per heavy atom. The summed E-state index contributed by atoms with van der Waals surface area (Å²) in [4.78, 5) is 7.70. The minimum atomic E-state index is 0.931. The Balaban J connectivity index is 0.980. The quantitative estimate of drug-likeness (QED) is 0.150. The topological polar surface area (TPSA) is 21.1 Å². The summed E-state index contributed by atoms with van der Waals surface area (Å²) >= 11 is 0. The van der Waals surface area contributed by atoms with Crippen molar-refractivity contribution in [2.24, 2.45) is 0 Å². The highest BCUT2D eigenvalue weighted by Crippen LogP contribution is 2.46. The van der Waals surface area contributed by atoms with E-state index < -0.39 is 0 Å². The summed E-state index contributed by atoms with van der Waals surface area (Å²) in [5, 5.41) is 9.84. The van der Waals surface area contributed by atoms with Crippen molar-refractivity contribution < 1.29 is 0 Å². The molecule has 0 bridgehead atoms. The van der Waals surface area contributed by atoms with Crippen molar-refractivity contribution >= 4 is 71.2 Å². The molecule has 0 fully saturated rings. The number of hydrogen-bond donors (Lipinski definition) is 0. The van der Waals surface area contributed by atoms with Crippen LogP contribution in [0.5, 0.6) is 0 Å². The number of para-hydroxylation sites is 1. The summed E-state index contributed by atoms with van der Waals surface area (Å²) in [5.74, 6) is 0.931. The molecule has 290 valence electrons. The van der Waals surface area contributed by atoms with Gasteiger partial charge in [0.05, 0.1) is 22.4 Å². The van der Waals surface area contributed by atoms with Crippen molar-refractivity contribution in [1.29, 1.82) is 0 Å². The predicted molar refractivity (Wildman–Crippen MR) is 262 cm³/mol. The van der Waals surface area contributed by atoms with Gasteiger partial charge in [-0.1, -0.05) is 182 Å². The van der Waals surface area contributed by atoms with Crippen molar-refractivity contribution in [2.75, 3.05) is 4.90 Å². The number of nitrogens with zero attached hydrogens (tertiary/aromatic N) is 3. The molecular formula is C59H39N3. The van der Waals surface area contributed by atoms with Crippen molar-refractivity contribution in [2.45, 2.75) is 0 Å². The zero-order chi connectivity index (χ0) is 41.0. The van der Waals surface area contributed by atoms with Gasteiger partial charge in [0.25, 0.3) is 0 Å². The third kappa shape index (κ3) is 6.02. The fourth-order valence-electron chi connectivity index (χ4n) is 9.41. The van der Waals surface area contributed by atoms with Crippen LogP contribution in [-0.2, 0) is 0 Å². The van der Waals surface area contributed by atoms with Gasteiger partial charge in [-0.3, -0.25) is 4.57 Å². The number of fused-ring (bicyclic) bond motifs is 7. The number of anilines is 3. The van der Waals surface area contributed by atoms with E-state index in [1.165, 1.54) is 43.1 Å². The SMILES string of the molecule is c1ccc(-c2nc3cc(-c4cccc(-c5ccc(N(c6cc7ccccc7c7ccccc67)c6cc7ccccc7c7ccccc67)cc5)c4)ccc3n2-c2ccccc2)cc1. The molecule has 3 heteroatoms. The van der Waals surface area contributed by atoms with Crippen LogP contribution in [0.25, 0.3) is 93.5 Å². The first-order valence-electron chi connectivity index (χ1n) is 21.2. The average Bonchev–Trinajstić information content (AvgIpc) is 3.74. The molecule has 0 N–H and O–H groups in total. The monoisotopic (exact) mass is 789 g/mol. The Morgan fingerprint density at radius 1 is 0.323 bits per heavy atom. The van der Waals surface area contributed by atoms with Gasteiger partial charge in [0, 0.05) is 27.7 Å². The Bertz CT molecular complexity index is 3510. The third-order valence-corrected chi connectivity index (χ3v) is 12.3. The minimum Gasteiger partial charge on any atom is -0.309 e. The van der Waals surface area contributed by atoms with Crippen LogP contribution in [0.15, 0.2) is 237 Å². The highest BCUT2D eigenvalue weighted by molar-refractivity contribution is 6.18. The highest BCUT2D eigenvalue weighted by atomic mass is 15.1. The van der Waals surface area contributed by atoms with Crippen LogP contribution in [0.4, 0.5) is 17.1 Å². The highest BCUT2D eigenvalue weighted by Gasteiger charge is 2.21. The Hall–Kier alpha value is -8.27. The van der Waals surface area contributed by atoms with Gasteiger partial charge in [-0.25, -0.2) is 4.98 Å². The van der Waals surface area contributed by atoms with Crippen molar-refractivity contribution in [1.82, 2.24) is 9.55 Å². The average molecular weight is 790 g/mol. The lowest BCUT2D eigenvalue weighted by Gasteiger charge is -2.29. The molecule has 0 saturated heterocycles. The van der Waals surface area contributed by atoms with Gasteiger partial charge in [-0.15, -0.1) is 0 Å². The van der Waals surface area contributed by atoms with Crippen LogP contribution in [0.2, 0.25) is 0 Å². The summed E-state index contributed by atoms with van der Waals surface area (Å²) in [5.41, 5.74) is 12.2. The van der Waals surface area contributed by atoms with Crippen LogP contribution in [0.1, 0.15) is 0 Å². The largest absolute Gasteiger partial charge is 0.309 e. The number of benzene rings is 11. The van der Waals surface area contributed by atoms with E-state index in [1.807, 2.05) is 6.07 Å². The summed E-state index contributed by atoms with van der Waals surface area (Å²) in [6.45, 7) is 0. The first-order chi connectivity index (χ1) is 30.7. The lowest BCUT2D eigenvalue weighted by atomic mass is 9.96. The van der Waals surface area contributed by atoms with E-state index in [1.54, 1.807) is 0 Å². The first-order valence-corrected chi connectivity index (χ1v) is 21.2. The molecule has 3 nitrogen and oxygen atoms in total. The van der Waals surface area contributed by atoms with Gasteiger partial charge in [0.1, 0.15) is 5.82 Å². The van der Waals surface area contributed by atoms with Crippen molar-refractivity contribution in [3.63, 3.8) is 0 Å². The molecule has 0 amide bonds. The van der Waals surface area contributed by atoms with E-state index in [0.717, 1.165) is 67.4 Å². The van der Waals surface area contributed by atoms with Crippen LogP contribution in [0.3, 0.4) is 0 Å². The lowest BCUT2D eigenvalue weighted by molar-refractivity contribution is 1.10. The molecule has 1 heterocycles. The molecule has 0 saturated carbocycles. The molecule has 0 aliphatic carbocycles. The van der Waals surface area contributed by atoms with E-state index in [2.05, 4.69) is 240 Å². The second kappa shape index (κ2) is 14.8. The van der Waals surface area contributed by atoms with Crippen LogP contribution in [0, 0.1) is 0 Å². The second-order valence-corrected chi connectivity index (χ2v) is 16.0. The van der Waals surface area contributed by atoms with E-state index >= 15 is 0 Å². The number of hydrogen-bond acceptors (Lipinski definition) is 2. The number of imidazole rings is 1. The molecule has 0 aliphatic heterocycles. The summed E-state index contributed by atoms with van der Waals surface area (Å²) < 4.78 is 2.26. The summed E-state index contributed by atoms with van der Waals surface area (Å²) in [7, 11) is 0. The molecule has 1 aromatic heterocycles. The normalized spacial score (nSPS) is 11.5. The molecule has 0 aliphatic rings.